The zero-order chi connectivity index (χ0) is 39.3. The van der Waals surface area contributed by atoms with Crippen molar-refractivity contribution in [2.75, 3.05) is 7.11 Å². The molecule has 0 spiro atoms. The molecule has 1 aliphatic rings. The van der Waals surface area contributed by atoms with Gasteiger partial charge in [0.05, 0.1) is 12.7 Å². The zero-order valence-corrected chi connectivity index (χ0v) is 32.6. The molecule has 4 rings (SSSR count). The molecular formula is C37H34Br2O13. The first kappa shape index (κ1) is 39.8. The number of carbonyl (C=O) groups excluding carboxylic acids is 4. The van der Waals surface area contributed by atoms with Gasteiger partial charge in [0.1, 0.15) is 44.4 Å². The van der Waals surface area contributed by atoms with Crippen molar-refractivity contribution in [2.24, 2.45) is 0 Å². The van der Waals surface area contributed by atoms with Crippen LogP contribution in [0.4, 0.5) is 0 Å². The van der Waals surface area contributed by atoms with E-state index in [-0.39, 0.29) is 70.9 Å². The molecule has 274 valence electrons. The largest absolute Gasteiger partial charge is 0.507 e. The van der Waals surface area contributed by atoms with Gasteiger partial charge < -0.3 is 39.4 Å². The van der Waals surface area contributed by atoms with Crippen molar-refractivity contribution in [1.82, 2.24) is 0 Å². The van der Waals surface area contributed by atoms with Gasteiger partial charge in [-0.1, -0.05) is 0 Å². The fourth-order valence-electron chi connectivity index (χ4n) is 5.77. The van der Waals surface area contributed by atoms with E-state index in [0.717, 1.165) is 12.2 Å². The van der Waals surface area contributed by atoms with Crippen molar-refractivity contribution in [1.29, 1.82) is 0 Å². The summed E-state index contributed by atoms with van der Waals surface area (Å²) in [5.74, 6) is -6.84. The molecule has 4 N–H and O–H groups in total. The van der Waals surface area contributed by atoms with E-state index in [2.05, 4.69) is 31.9 Å². The third-order valence-electron chi connectivity index (χ3n) is 9.23. The third kappa shape index (κ3) is 6.59. The van der Waals surface area contributed by atoms with Gasteiger partial charge >= 0.3 is 23.9 Å². The lowest BCUT2D eigenvalue weighted by molar-refractivity contribution is -0.151. The molecule has 0 aliphatic heterocycles. The molecule has 0 bridgehead atoms. The molecule has 0 saturated carbocycles. The van der Waals surface area contributed by atoms with E-state index in [1.165, 1.54) is 40.9 Å². The number of carboxylic acid groups (broad SMARTS) is 1. The summed E-state index contributed by atoms with van der Waals surface area (Å²) in [7, 11) is 1.17. The molecule has 0 unspecified atom stereocenters. The summed E-state index contributed by atoms with van der Waals surface area (Å²) in [6.45, 7) is 12.1. The molecule has 3 aromatic carbocycles. The van der Waals surface area contributed by atoms with Gasteiger partial charge in [-0.2, -0.15) is 0 Å². The van der Waals surface area contributed by atoms with Gasteiger partial charge in [-0.15, -0.1) is 0 Å². The van der Waals surface area contributed by atoms with Crippen LogP contribution in [0.5, 0.6) is 28.7 Å². The highest BCUT2D eigenvalue weighted by molar-refractivity contribution is 9.11. The lowest BCUT2D eigenvalue weighted by Crippen LogP contribution is -2.47. The molecule has 0 saturated heterocycles. The van der Waals surface area contributed by atoms with Gasteiger partial charge in [0.2, 0.25) is 5.60 Å². The molecule has 0 amide bonds. The Bertz CT molecular complexity index is 2140. The summed E-state index contributed by atoms with van der Waals surface area (Å²) in [4.78, 5) is 64.1. The lowest BCUT2D eigenvalue weighted by Gasteiger charge is -2.30. The Balaban J connectivity index is 1.66. The predicted octanol–water partition coefficient (Wildman–Crippen LogP) is 6.61. The van der Waals surface area contributed by atoms with Crippen molar-refractivity contribution >= 4 is 61.5 Å². The van der Waals surface area contributed by atoms with Gasteiger partial charge in [-0.3, -0.25) is 4.79 Å². The first-order valence-corrected chi connectivity index (χ1v) is 16.9. The highest BCUT2D eigenvalue weighted by Gasteiger charge is 2.48. The Morgan fingerprint density at radius 2 is 1.19 bits per heavy atom. The highest BCUT2D eigenvalue weighted by Crippen LogP contribution is 2.45. The average Bonchev–Trinajstić information content (AvgIpc) is 3.07. The molecule has 3 aromatic rings. The van der Waals surface area contributed by atoms with Crippen molar-refractivity contribution in [2.45, 2.75) is 61.0 Å². The summed E-state index contributed by atoms with van der Waals surface area (Å²) in [6.07, 6.45) is 1.99. The second-order valence-corrected chi connectivity index (χ2v) is 13.8. The van der Waals surface area contributed by atoms with Crippen molar-refractivity contribution in [3.63, 3.8) is 0 Å². The number of hydrogen-bond donors (Lipinski definition) is 4. The van der Waals surface area contributed by atoms with Crippen LogP contribution in [0.2, 0.25) is 0 Å². The quantitative estimate of drug-likeness (QED) is 0.139. The molecular weight excluding hydrogens is 812 g/mol. The Kier molecular flexibility index (Phi) is 11.1. The number of aromatic hydroxyl groups is 2. The van der Waals surface area contributed by atoms with E-state index < -0.39 is 46.8 Å². The summed E-state index contributed by atoms with van der Waals surface area (Å²) >= 11 is 6.39. The molecule has 0 radical (unpaired) electrons. The fourth-order valence-corrected chi connectivity index (χ4v) is 6.90. The molecule has 13 nitrogen and oxygen atoms in total. The van der Waals surface area contributed by atoms with Crippen LogP contribution in [-0.2, 0) is 14.3 Å². The van der Waals surface area contributed by atoms with E-state index in [9.17, 15) is 44.4 Å². The number of esters is 3. The summed E-state index contributed by atoms with van der Waals surface area (Å²) in [5.41, 5.74) is -1.09. The van der Waals surface area contributed by atoms with Crippen LogP contribution in [-0.4, -0.2) is 62.8 Å². The standard InChI is InChI=1S/C37H34Br2O13/c1-13-10-21(40)11-24(49-9)37(13,48)36(47)52-32-19(7)16(4)26(30(42)28(32)39)34(45)50-23-12-22(38)27(29(41)20(23)8)35(46)51-31-17(5)14(2)25(33(43)44)15(3)18(31)6/h10-12,41-42,48H,1-9H3,(H,43,44)/t37-/m1/s1. The fraction of sp³-hybridized carbons (Fsp3) is 0.270. The smallest absolute Gasteiger partial charge is 0.356 e. The number of phenols is 2. The maximum absolute atomic E-state index is 13.6. The van der Waals surface area contributed by atoms with Crippen LogP contribution in [0.15, 0.2) is 38.5 Å². The number of methoxy groups -OCH3 is 1. The maximum Gasteiger partial charge on any atom is 0.356 e. The minimum atomic E-state index is -2.46. The first-order chi connectivity index (χ1) is 24.1. The van der Waals surface area contributed by atoms with Crippen molar-refractivity contribution < 1.29 is 63.3 Å². The van der Waals surface area contributed by atoms with Gasteiger partial charge in [-0.25, -0.2) is 19.2 Å². The van der Waals surface area contributed by atoms with Gasteiger partial charge in [0.15, 0.2) is 11.5 Å². The SMILES string of the molecule is COC1=CC(=O)C=C(C)[C@]1(O)C(=O)Oc1c(C)c(C)c(C(=O)Oc2cc(Br)c(C(=O)Oc3c(C)c(C)c(C(=O)O)c(C)c3C)c(O)c2C)c(O)c1Br. The van der Waals surface area contributed by atoms with Crippen molar-refractivity contribution in [3.8, 4) is 28.7 Å². The number of allylic oxidation sites excluding steroid dienone is 2. The normalized spacial score (nSPS) is 15.4. The van der Waals surface area contributed by atoms with Crippen LogP contribution in [0, 0.1) is 48.5 Å². The first-order valence-electron chi connectivity index (χ1n) is 15.4. The number of halogens is 2. The molecule has 1 atom stereocenters. The molecule has 0 heterocycles. The number of benzene rings is 3. The van der Waals surface area contributed by atoms with E-state index in [1.54, 1.807) is 27.7 Å². The predicted molar refractivity (Wildman–Crippen MR) is 193 cm³/mol. The Labute approximate surface area is 314 Å². The van der Waals surface area contributed by atoms with Crippen LogP contribution in [0.3, 0.4) is 0 Å². The number of aromatic carboxylic acids is 1. The molecule has 1 aliphatic carbocycles. The van der Waals surface area contributed by atoms with Crippen LogP contribution in [0.25, 0.3) is 0 Å². The topological polar surface area (TPSA) is 203 Å². The Morgan fingerprint density at radius 1 is 0.673 bits per heavy atom. The summed E-state index contributed by atoms with van der Waals surface area (Å²) < 4.78 is 21.6. The Morgan fingerprint density at radius 3 is 1.73 bits per heavy atom. The van der Waals surface area contributed by atoms with Crippen molar-refractivity contribution in [3.05, 3.63) is 94.1 Å². The number of carboxylic acids is 1. The average molecular weight is 846 g/mol. The van der Waals surface area contributed by atoms with E-state index >= 15 is 0 Å². The number of aliphatic hydroxyl groups is 1. The van der Waals surface area contributed by atoms with E-state index in [4.69, 9.17) is 18.9 Å². The van der Waals surface area contributed by atoms with Crippen LogP contribution in [0.1, 0.15) is 76.9 Å². The molecule has 0 fully saturated rings. The monoisotopic (exact) mass is 844 g/mol. The summed E-state index contributed by atoms with van der Waals surface area (Å²) in [5, 5.41) is 43.1. The van der Waals surface area contributed by atoms with Gasteiger partial charge in [0.25, 0.3) is 0 Å². The summed E-state index contributed by atoms with van der Waals surface area (Å²) in [6, 6.07) is 1.25. The number of phenolic OH excluding ortho intramolecular Hbond substituents is 2. The zero-order valence-electron chi connectivity index (χ0n) is 29.5. The Hall–Kier alpha value is -4.99. The number of rotatable bonds is 8. The second kappa shape index (κ2) is 14.6. The maximum atomic E-state index is 13.6. The number of ether oxygens (including phenoxy) is 4. The van der Waals surface area contributed by atoms with E-state index in [1.807, 2.05) is 0 Å². The minimum absolute atomic E-state index is 0.00830. The molecule has 52 heavy (non-hydrogen) atoms. The number of hydrogen-bond acceptors (Lipinski definition) is 12. The third-order valence-corrected chi connectivity index (χ3v) is 10.6. The van der Waals surface area contributed by atoms with Crippen LogP contribution >= 0.6 is 31.9 Å². The van der Waals surface area contributed by atoms with E-state index in [0.29, 0.717) is 22.3 Å². The lowest BCUT2D eigenvalue weighted by atomic mass is 9.87. The molecule has 15 heteroatoms. The van der Waals surface area contributed by atoms with Gasteiger partial charge in [0, 0.05) is 16.1 Å². The molecule has 0 aromatic heterocycles. The number of carbonyl (C=O) groups is 5. The second-order valence-electron chi connectivity index (χ2n) is 12.2. The highest BCUT2D eigenvalue weighted by atomic mass is 79.9. The van der Waals surface area contributed by atoms with Crippen LogP contribution < -0.4 is 14.2 Å². The van der Waals surface area contributed by atoms with Gasteiger partial charge in [-0.05, 0) is 138 Å². The number of ketones is 1. The minimum Gasteiger partial charge on any atom is -0.507 e.